The normalized spacial score (nSPS) is 10.9. The Bertz CT molecular complexity index is 752. The number of hydrogen-bond acceptors (Lipinski definition) is 3. The first-order valence-corrected chi connectivity index (χ1v) is 5.83. The van der Waals surface area contributed by atoms with Gasteiger partial charge in [0.05, 0.1) is 12.6 Å². The number of nitrogens with zero attached hydrogens (tertiary/aromatic N) is 3. The summed E-state index contributed by atoms with van der Waals surface area (Å²) in [6.45, 7) is 0. The first-order chi connectivity index (χ1) is 9.20. The predicted octanol–water partition coefficient (Wildman–Crippen LogP) is 2.78. The highest BCUT2D eigenvalue weighted by Crippen LogP contribution is 2.34. The van der Waals surface area contributed by atoms with Crippen LogP contribution in [0.15, 0.2) is 36.4 Å². The maximum Gasteiger partial charge on any atom is 0.131 e. The van der Waals surface area contributed by atoms with Crippen molar-refractivity contribution in [1.82, 2.24) is 15.0 Å². The fraction of sp³-hybridized carbons (Fsp3) is 0.143. The van der Waals surface area contributed by atoms with Gasteiger partial charge in [-0.1, -0.05) is 23.4 Å². The minimum Gasteiger partial charge on any atom is -0.496 e. The molecular weight excluding hydrogens is 245 g/mol. The first-order valence-electron chi connectivity index (χ1n) is 5.83. The van der Waals surface area contributed by atoms with Gasteiger partial charge < -0.3 is 4.74 Å². The van der Waals surface area contributed by atoms with Crippen LogP contribution in [-0.2, 0) is 7.05 Å². The van der Waals surface area contributed by atoms with Gasteiger partial charge in [0.25, 0.3) is 0 Å². The maximum atomic E-state index is 13.9. The molecule has 1 heterocycles. The second-order valence-electron chi connectivity index (χ2n) is 4.23. The Kier molecular flexibility index (Phi) is 2.67. The van der Waals surface area contributed by atoms with Crippen LogP contribution in [-0.4, -0.2) is 22.1 Å². The number of aryl methyl sites for hydroxylation is 1. The van der Waals surface area contributed by atoms with Gasteiger partial charge in [0.15, 0.2) is 0 Å². The van der Waals surface area contributed by atoms with E-state index in [4.69, 9.17) is 4.74 Å². The number of benzene rings is 2. The zero-order chi connectivity index (χ0) is 13.4. The van der Waals surface area contributed by atoms with E-state index in [0.717, 1.165) is 11.0 Å². The molecule has 1 aromatic heterocycles. The standard InChI is InChI=1S/C14H12FN3O/c1-18-13-7-10(9-5-3-4-6-11(9)15)14(19-2)8-12(13)16-17-18/h3-8H,1-2H3. The van der Waals surface area contributed by atoms with E-state index in [-0.39, 0.29) is 5.82 Å². The van der Waals surface area contributed by atoms with Crippen LogP contribution in [0.3, 0.4) is 0 Å². The minimum absolute atomic E-state index is 0.282. The summed E-state index contributed by atoms with van der Waals surface area (Å²) >= 11 is 0. The molecule has 0 saturated carbocycles. The van der Waals surface area contributed by atoms with E-state index in [1.54, 1.807) is 43.1 Å². The Morgan fingerprint density at radius 3 is 2.68 bits per heavy atom. The predicted molar refractivity (Wildman–Crippen MR) is 70.5 cm³/mol. The van der Waals surface area contributed by atoms with Gasteiger partial charge in [-0.05, 0) is 12.1 Å². The van der Waals surface area contributed by atoms with E-state index in [0.29, 0.717) is 16.9 Å². The summed E-state index contributed by atoms with van der Waals surface area (Å²) in [5.74, 6) is 0.299. The third-order valence-electron chi connectivity index (χ3n) is 3.10. The number of aromatic nitrogens is 3. The van der Waals surface area contributed by atoms with E-state index in [1.165, 1.54) is 6.07 Å². The van der Waals surface area contributed by atoms with Crippen LogP contribution in [0, 0.1) is 5.82 Å². The van der Waals surface area contributed by atoms with Crippen LogP contribution in [0.2, 0.25) is 0 Å². The summed E-state index contributed by atoms with van der Waals surface area (Å²) in [6.07, 6.45) is 0. The second-order valence-corrected chi connectivity index (χ2v) is 4.23. The zero-order valence-corrected chi connectivity index (χ0v) is 10.6. The van der Waals surface area contributed by atoms with Gasteiger partial charge in [0.1, 0.15) is 17.1 Å². The summed E-state index contributed by atoms with van der Waals surface area (Å²) in [5, 5.41) is 7.97. The van der Waals surface area contributed by atoms with Crippen molar-refractivity contribution in [2.75, 3.05) is 7.11 Å². The molecule has 0 aliphatic rings. The molecule has 0 bridgehead atoms. The fourth-order valence-electron chi connectivity index (χ4n) is 2.12. The quantitative estimate of drug-likeness (QED) is 0.708. The summed E-state index contributed by atoms with van der Waals surface area (Å²) in [6, 6.07) is 10.2. The van der Waals surface area contributed by atoms with Gasteiger partial charge in [-0.3, -0.25) is 0 Å². The molecule has 0 N–H and O–H groups in total. The lowest BCUT2D eigenvalue weighted by molar-refractivity contribution is 0.416. The lowest BCUT2D eigenvalue weighted by atomic mass is 10.0. The van der Waals surface area contributed by atoms with Crippen LogP contribution in [0.4, 0.5) is 4.39 Å². The largest absolute Gasteiger partial charge is 0.496 e. The van der Waals surface area contributed by atoms with Crippen molar-refractivity contribution >= 4 is 11.0 Å². The monoisotopic (exact) mass is 257 g/mol. The van der Waals surface area contributed by atoms with E-state index in [1.807, 2.05) is 6.07 Å². The summed E-state index contributed by atoms with van der Waals surface area (Å²) in [4.78, 5) is 0. The molecule has 0 aliphatic heterocycles. The molecule has 0 aliphatic carbocycles. The lowest BCUT2D eigenvalue weighted by Gasteiger charge is -2.09. The molecule has 0 spiro atoms. The van der Waals surface area contributed by atoms with Crippen LogP contribution < -0.4 is 4.74 Å². The van der Waals surface area contributed by atoms with Crippen molar-refractivity contribution in [3.8, 4) is 16.9 Å². The molecule has 96 valence electrons. The molecule has 3 rings (SSSR count). The van der Waals surface area contributed by atoms with Gasteiger partial charge in [0, 0.05) is 24.2 Å². The molecule has 0 radical (unpaired) electrons. The Labute approximate surface area is 109 Å². The fourth-order valence-corrected chi connectivity index (χ4v) is 2.12. The van der Waals surface area contributed by atoms with Crippen LogP contribution in [0.25, 0.3) is 22.2 Å². The van der Waals surface area contributed by atoms with Gasteiger partial charge >= 0.3 is 0 Å². The number of rotatable bonds is 2. The lowest BCUT2D eigenvalue weighted by Crippen LogP contribution is -1.93. The number of ether oxygens (including phenoxy) is 1. The molecule has 5 heteroatoms. The summed E-state index contributed by atoms with van der Waals surface area (Å²) < 4.78 is 20.9. The van der Waals surface area contributed by atoms with Crippen LogP contribution >= 0.6 is 0 Å². The molecule has 0 amide bonds. The van der Waals surface area contributed by atoms with Crippen molar-refractivity contribution in [2.24, 2.45) is 7.05 Å². The Morgan fingerprint density at radius 2 is 1.95 bits per heavy atom. The molecular formula is C14H12FN3O. The van der Waals surface area contributed by atoms with Gasteiger partial charge in [-0.25, -0.2) is 9.07 Å². The van der Waals surface area contributed by atoms with Crippen molar-refractivity contribution in [2.45, 2.75) is 0 Å². The topological polar surface area (TPSA) is 39.9 Å². The number of fused-ring (bicyclic) bond motifs is 1. The van der Waals surface area contributed by atoms with E-state index in [2.05, 4.69) is 10.3 Å². The minimum atomic E-state index is -0.282. The van der Waals surface area contributed by atoms with Gasteiger partial charge in [-0.2, -0.15) is 0 Å². The third-order valence-corrected chi connectivity index (χ3v) is 3.10. The first kappa shape index (κ1) is 11.6. The second kappa shape index (κ2) is 4.35. The summed E-state index contributed by atoms with van der Waals surface area (Å²) in [7, 11) is 3.36. The van der Waals surface area contributed by atoms with Crippen molar-refractivity contribution in [3.05, 3.63) is 42.2 Å². The number of hydrogen-bond donors (Lipinski definition) is 0. The molecule has 2 aromatic carbocycles. The Hall–Kier alpha value is -2.43. The highest BCUT2D eigenvalue weighted by Gasteiger charge is 2.14. The number of methoxy groups -OCH3 is 1. The molecule has 0 saturated heterocycles. The average Bonchev–Trinajstić information content (AvgIpc) is 2.79. The van der Waals surface area contributed by atoms with Crippen molar-refractivity contribution in [3.63, 3.8) is 0 Å². The third kappa shape index (κ3) is 1.83. The van der Waals surface area contributed by atoms with E-state index >= 15 is 0 Å². The van der Waals surface area contributed by atoms with Gasteiger partial charge in [0.2, 0.25) is 0 Å². The molecule has 4 nitrogen and oxygen atoms in total. The van der Waals surface area contributed by atoms with Gasteiger partial charge in [-0.15, -0.1) is 5.10 Å². The molecule has 0 unspecified atom stereocenters. The summed E-state index contributed by atoms with van der Waals surface area (Å²) in [5.41, 5.74) is 2.75. The van der Waals surface area contributed by atoms with E-state index in [9.17, 15) is 4.39 Å². The van der Waals surface area contributed by atoms with E-state index < -0.39 is 0 Å². The molecule has 0 atom stereocenters. The smallest absolute Gasteiger partial charge is 0.131 e. The average molecular weight is 257 g/mol. The Morgan fingerprint density at radius 1 is 1.16 bits per heavy atom. The molecule has 0 fully saturated rings. The number of halogens is 1. The highest BCUT2D eigenvalue weighted by molar-refractivity contribution is 5.86. The van der Waals surface area contributed by atoms with Crippen LogP contribution in [0.5, 0.6) is 5.75 Å². The Balaban J connectivity index is 2.32. The van der Waals surface area contributed by atoms with Crippen molar-refractivity contribution < 1.29 is 9.13 Å². The van der Waals surface area contributed by atoms with Crippen LogP contribution in [0.1, 0.15) is 0 Å². The SMILES string of the molecule is COc1cc2nnn(C)c2cc1-c1ccccc1F. The molecule has 19 heavy (non-hydrogen) atoms. The maximum absolute atomic E-state index is 13.9. The van der Waals surface area contributed by atoms with Crippen molar-refractivity contribution in [1.29, 1.82) is 0 Å². The highest BCUT2D eigenvalue weighted by atomic mass is 19.1. The molecule has 3 aromatic rings. The zero-order valence-electron chi connectivity index (χ0n) is 10.6.